The lowest BCUT2D eigenvalue weighted by molar-refractivity contribution is 1.22. The van der Waals surface area contributed by atoms with Crippen LogP contribution in [0.3, 0.4) is 0 Å². The number of pyridine rings is 3. The minimum atomic E-state index is 0.830. The van der Waals surface area contributed by atoms with Crippen LogP contribution in [0.5, 0.6) is 0 Å². The van der Waals surface area contributed by atoms with Gasteiger partial charge in [-0.2, -0.15) is 0 Å². The predicted molar refractivity (Wildman–Crippen MR) is 151 cm³/mol. The zero-order chi connectivity index (χ0) is 23.5. The summed E-state index contributed by atoms with van der Waals surface area (Å²) in [5.74, 6) is 0. The minimum absolute atomic E-state index is 0.830. The first kappa shape index (κ1) is 21.8. The van der Waals surface area contributed by atoms with Crippen LogP contribution in [-0.4, -0.2) is 15.0 Å². The molecule has 0 spiro atoms. The van der Waals surface area contributed by atoms with Crippen LogP contribution in [0.4, 0.5) is 0 Å². The molecule has 6 rings (SSSR count). The average molecular weight is 506 g/mol. The summed E-state index contributed by atoms with van der Waals surface area (Å²) in [6.07, 6.45) is 7.97. The summed E-state index contributed by atoms with van der Waals surface area (Å²) in [5.41, 5.74) is 5.62. The van der Waals surface area contributed by atoms with Crippen molar-refractivity contribution in [3.63, 3.8) is 0 Å². The second kappa shape index (κ2) is 9.88. The fourth-order valence-corrected chi connectivity index (χ4v) is 6.64. The van der Waals surface area contributed by atoms with E-state index in [2.05, 4.69) is 75.3 Å². The molecule has 35 heavy (non-hydrogen) atoms. The van der Waals surface area contributed by atoms with Crippen molar-refractivity contribution < 1.29 is 0 Å². The molecule has 0 aliphatic rings. The molecule has 0 saturated heterocycles. The largest absolute Gasteiger partial charge is 0.255 e. The molecule has 0 fully saturated rings. The summed E-state index contributed by atoms with van der Waals surface area (Å²) in [6.45, 7) is 0. The zero-order valence-corrected chi connectivity index (χ0v) is 21.0. The highest BCUT2D eigenvalue weighted by Crippen LogP contribution is 2.42. The Balaban J connectivity index is 1.44. The van der Waals surface area contributed by atoms with Crippen LogP contribution < -0.4 is 0 Å². The molecule has 6 aromatic rings. The topological polar surface area (TPSA) is 38.7 Å². The number of hydrogen-bond acceptors (Lipinski definition) is 6. The monoisotopic (exact) mass is 505 g/mol. The first-order valence-corrected chi connectivity index (χ1v) is 13.7. The number of rotatable bonds is 6. The molecule has 0 atom stereocenters. The summed E-state index contributed by atoms with van der Waals surface area (Å²) in [4.78, 5) is 19.1. The Morgan fingerprint density at radius 2 is 1.23 bits per heavy atom. The van der Waals surface area contributed by atoms with Gasteiger partial charge in [0.15, 0.2) is 0 Å². The van der Waals surface area contributed by atoms with Crippen LogP contribution in [0, 0.1) is 0 Å². The summed E-state index contributed by atoms with van der Waals surface area (Å²) in [5, 5.41) is 4.26. The molecule has 0 amide bonds. The third-order valence-electron chi connectivity index (χ3n) is 5.43. The van der Waals surface area contributed by atoms with Crippen molar-refractivity contribution in [2.45, 2.75) is 0 Å². The van der Waals surface area contributed by atoms with Crippen molar-refractivity contribution in [1.29, 1.82) is 0 Å². The highest BCUT2D eigenvalue weighted by Gasteiger charge is 2.13. The lowest BCUT2D eigenvalue weighted by atomic mass is 10.1. The van der Waals surface area contributed by atoms with Gasteiger partial charge < -0.3 is 0 Å². The van der Waals surface area contributed by atoms with Crippen molar-refractivity contribution in [3.8, 4) is 42.3 Å². The van der Waals surface area contributed by atoms with E-state index in [1.165, 1.54) is 25.1 Å². The summed E-state index contributed by atoms with van der Waals surface area (Å²) in [6, 6.07) is 26.8. The molecule has 0 saturated carbocycles. The van der Waals surface area contributed by atoms with E-state index in [0.717, 1.165) is 28.3 Å². The Kier molecular flexibility index (Phi) is 6.15. The van der Waals surface area contributed by atoms with Crippen LogP contribution in [0.2, 0.25) is 0 Å². The Bertz CT molecular complexity index is 1510. The minimum Gasteiger partial charge on any atom is -0.255 e. The average Bonchev–Trinajstić information content (AvgIpc) is 3.70. The fraction of sp³-hybridized carbons (Fsp3) is 0. The molecule has 168 valence electrons. The molecule has 3 nitrogen and oxygen atoms in total. The second-order valence-electron chi connectivity index (χ2n) is 7.78. The zero-order valence-electron chi connectivity index (χ0n) is 18.5. The van der Waals surface area contributed by atoms with Crippen LogP contribution in [-0.2, 0) is 0 Å². The SMILES string of the molecule is C(=C\c1cc(-c2cccs2)sc1-c1cccs1)/c1cc(-c2ccccn2)nc(-c2ccccn2)c1. The fourth-order valence-electron chi connectivity index (χ4n) is 3.79. The molecule has 0 aliphatic heterocycles. The molecule has 6 heterocycles. The third-order valence-corrected chi connectivity index (χ3v) is 8.69. The predicted octanol–water partition coefficient (Wildman–Crippen LogP) is 8.89. The maximum atomic E-state index is 4.87. The Labute approximate surface area is 215 Å². The molecular weight excluding hydrogens is 487 g/mol. The lowest BCUT2D eigenvalue weighted by Crippen LogP contribution is -1.93. The van der Waals surface area contributed by atoms with Crippen molar-refractivity contribution in [3.05, 3.63) is 113 Å². The molecule has 0 bridgehead atoms. The number of hydrogen-bond donors (Lipinski definition) is 0. The summed E-state index contributed by atoms with van der Waals surface area (Å²) in [7, 11) is 0. The maximum Gasteiger partial charge on any atom is 0.0900 e. The second-order valence-corrected chi connectivity index (χ2v) is 10.7. The van der Waals surface area contributed by atoms with Gasteiger partial charge >= 0.3 is 0 Å². The van der Waals surface area contributed by atoms with Gasteiger partial charge in [-0.25, -0.2) is 4.98 Å². The first-order valence-electron chi connectivity index (χ1n) is 11.1. The third kappa shape index (κ3) is 4.77. The molecule has 6 aromatic heterocycles. The highest BCUT2D eigenvalue weighted by molar-refractivity contribution is 7.26. The van der Waals surface area contributed by atoms with E-state index in [0.29, 0.717) is 0 Å². The molecule has 6 heteroatoms. The van der Waals surface area contributed by atoms with Crippen LogP contribution in [0.15, 0.2) is 102 Å². The summed E-state index contributed by atoms with van der Waals surface area (Å²) < 4.78 is 0. The van der Waals surface area contributed by atoms with E-state index in [1.54, 1.807) is 35.1 Å². The summed E-state index contributed by atoms with van der Waals surface area (Å²) >= 11 is 5.40. The van der Waals surface area contributed by atoms with E-state index in [-0.39, 0.29) is 0 Å². The number of thiophene rings is 3. The van der Waals surface area contributed by atoms with Crippen molar-refractivity contribution in [2.24, 2.45) is 0 Å². The molecule has 0 unspecified atom stereocenters. The Hall–Kier alpha value is -3.71. The molecule has 0 radical (unpaired) electrons. The van der Waals surface area contributed by atoms with Gasteiger partial charge in [-0.3, -0.25) is 9.97 Å². The van der Waals surface area contributed by atoms with E-state index in [4.69, 9.17) is 4.98 Å². The van der Waals surface area contributed by atoms with E-state index < -0.39 is 0 Å². The van der Waals surface area contributed by atoms with Gasteiger partial charge in [0.1, 0.15) is 0 Å². The van der Waals surface area contributed by atoms with Crippen LogP contribution in [0.1, 0.15) is 11.1 Å². The van der Waals surface area contributed by atoms with Crippen LogP contribution in [0.25, 0.3) is 54.4 Å². The van der Waals surface area contributed by atoms with Gasteiger partial charge in [-0.05, 0) is 76.5 Å². The van der Waals surface area contributed by atoms with Crippen LogP contribution >= 0.6 is 34.0 Å². The van der Waals surface area contributed by atoms with Gasteiger partial charge in [0, 0.05) is 27.0 Å². The number of nitrogens with zero attached hydrogens (tertiary/aromatic N) is 3. The molecular formula is C29H19N3S3. The molecule has 0 aromatic carbocycles. The quantitative estimate of drug-likeness (QED) is 0.227. The number of aromatic nitrogens is 3. The van der Waals surface area contributed by atoms with Gasteiger partial charge in [0.25, 0.3) is 0 Å². The molecule has 0 N–H and O–H groups in total. The van der Waals surface area contributed by atoms with E-state index in [1.807, 2.05) is 47.7 Å². The van der Waals surface area contributed by atoms with Gasteiger partial charge in [-0.15, -0.1) is 34.0 Å². The smallest absolute Gasteiger partial charge is 0.0900 e. The highest BCUT2D eigenvalue weighted by atomic mass is 32.1. The van der Waals surface area contributed by atoms with E-state index >= 15 is 0 Å². The Morgan fingerprint density at radius 1 is 0.571 bits per heavy atom. The normalized spacial score (nSPS) is 11.3. The van der Waals surface area contributed by atoms with Gasteiger partial charge in [-0.1, -0.05) is 36.4 Å². The van der Waals surface area contributed by atoms with Gasteiger partial charge in [0.05, 0.1) is 27.7 Å². The van der Waals surface area contributed by atoms with Crippen molar-refractivity contribution in [2.75, 3.05) is 0 Å². The maximum absolute atomic E-state index is 4.87. The van der Waals surface area contributed by atoms with Gasteiger partial charge in [0.2, 0.25) is 0 Å². The standard InChI is InChI=1S/C29H19N3S3/c1-3-13-30-22(7-1)24-17-20(18-25(32-24)23-8-2-4-14-31-23)11-12-21-19-28(26-9-5-15-33-26)35-29(21)27-10-6-16-34-27/h1-19H/b12-11+. The molecule has 0 aliphatic carbocycles. The van der Waals surface area contributed by atoms with Crippen molar-refractivity contribution in [1.82, 2.24) is 15.0 Å². The van der Waals surface area contributed by atoms with Crippen molar-refractivity contribution >= 4 is 46.2 Å². The Morgan fingerprint density at radius 3 is 1.80 bits per heavy atom. The lowest BCUT2D eigenvalue weighted by Gasteiger charge is -2.07. The first-order chi connectivity index (χ1) is 17.3. The van der Waals surface area contributed by atoms with E-state index in [9.17, 15) is 0 Å².